The average molecular weight is 306 g/mol. The molecular formula is C21H22O2. The molecule has 1 unspecified atom stereocenters. The summed E-state index contributed by atoms with van der Waals surface area (Å²) in [5.41, 5.74) is 3.06. The lowest BCUT2D eigenvalue weighted by molar-refractivity contribution is -0.139. The fraction of sp³-hybridized carbons (Fsp3) is 0.381. The molecule has 2 aliphatic carbocycles. The predicted octanol–water partition coefficient (Wildman–Crippen LogP) is 5.05. The van der Waals surface area contributed by atoms with Crippen LogP contribution in [0, 0.1) is 5.41 Å². The van der Waals surface area contributed by atoms with Crippen LogP contribution in [-0.4, -0.2) is 5.97 Å². The predicted molar refractivity (Wildman–Crippen MR) is 90.7 cm³/mol. The maximum Gasteiger partial charge on any atom is 0.339 e. The fourth-order valence-electron chi connectivity index (χ4n) is 4.08. The molecule has 1 aliphatic heterocycles. The number of hydrogen-bond acceptors (Lipinski definition) is 2. The molecule has 23 heavy (non-hydrogen) atoms. The molecule has 1 aromatic rings. The lowest BCUT2D eigenvalue weighted by Crippen LogP contribution is -2.21. The van der Waals surface area contributed by atoms with Gasteiger partial charge in [-0.25, -0.2) is 4.79 Å². The maximum absolute atomic E-state index is 12.3. The molecule has 2 heteroatoms. The molecule has 4 rings (SSSR count). The van der Waals surface area contributed by atoms with E-state index >= 15 is 0 Å². The summed E-state index contributed by atoms with van der Waals surface area (Å²) in [7, 11) is 0. The summed E-state index contributed by atoms with van der Waals surface area (Å²) in [6.07, 6.45) is 15.9. The van der Waals surface area contributed by atoms with E-state index in [-0.39, 0.29) is 17.5 Å². The molecule has 118 valence electrons. The monoisotopic (exact) mass is 306 g/mol. The van der Waals surface area contributed by atoms with Crippen molar-refractivity contribution in [2.24, 2.45) is 5.41 Å². The molecule has 1 heterocycles. The van der Waals surface area contributed by atoms with E-state index in [1.165, 1.54) is 32.1 Å². The lowest BCUT2D eigenvalue weighted by atomic mass is 9.70. The topological polar surface area (TPSA) is 26.3 Å². The van der Waals surface area contributed by atoms with Crippen LogP contribution in [0.25, 0.3) is 0 Å². The Morgan fingerprint density at radius 1 is 1.00 bits per heavy atom. The molecule has 1 fully saturated rings. The summed E-state index contributed by atoms with van der Waals surface area (Å²) in [6, 6.07) is 10.0. The molecule has 1 saturated carbocycles. The van der Waals surface area contributed by atoms with Gasteiger partial charge in [0.05, 0.1) is 5.57 Å². The van der Waals surface area contributed by atoms with Gasteiger partial charge >= 0.3 is 5.97 Å². The number of carbonyl (C=O) groups is 1. The van der Waals surface area contributed by atoms with Gasteiger partial charge in [-0.05, 0) is 30.2 Å². The lowest BCUT2D eigenvalue weighted by Gasteiger charge is -2.34. The number of benzene rings is 1. The van der Waals surface area contributed by atoms with Crippen LogP contribution < -0.4 is 0 Å². The molecule has 0 saturated heterocycles. The number of carbonyl (C=O) groups excluding carboxylic acids is 1. The first-order valence-electron chi connectivity index (χ1n) is 8.63. The van der Waals surface area contributed by atoms with Crippen LogP contribution in [0.1, 0.15) is 50.2 Å². The van der Waals surface area contributed by atoms with Crippen molar-refractivity contribution in [2.45, 2.75) is 44.6 Å². The van der Waals surface area contributed by atoms with E-state index in [0.717, 1.165) is 23.1 Å². The van der Waals surface area contributed by atoms with Gasteiger partial charge in [0.2, 0.25) is 0 Å². The molecule has 0 aromatic heterocycles. The zero-order valence-electron chi connectivity index (χ0n) is 13.3. The summed E-state index contributed by atoms with van der Waals surface area (Å²) in [4.78, 5) is 12.3. The smallest absolute Gasteiger partial charge is 0.339 e. The fourth-order valence-corrected chi connectivity index (χ4v) is 4.08. The highest BCUT2D eigenvalue weighted by molar-refractivity contribution is 5.96. The molecule has 1 atom stereocenters. The number of esters is 1. The van der Waals surface area contributed by atoms with Crippen molar-refractivity contribution in [3.05, 3.63) is 71.3 Å². The third kappa shape index (κ3) is 2.67. The van der Waals surface area contributed by atoms with E-state index in [4.69, 9.17) is 4.74 Å². The number of allylic oxidation sites excluding steroid dienone is 2. The summed E-state index contributed by atoms with van der Waals surface area (Å²) in [5.74, 6) is -0.200. The third-order valence-electron chi connectivity index (χ3n) is 5.42. The highest BCUT2D eigenvalue weighted by Gasteiger charge is 2.35. The SMILES string of the molecule is O=C1OC(c2ccccc2)C2=C1/C=C\CC1(/C=C\2)CCCCC1. The van der Waals surface area contributed by atoms with Crippen LogP contribution in [0.3, 0.4) is 0 Å². The van der Waals surface area contributed by atoms with Crippen molar-refractivity contribution in [3.63, 3.8) is 0 Å². The van der Waals surface area contributed by atoms with Crippen LogP contribution in [0.4, 0.5) is 0 Å². The van der Waals surface area contributed by atoms with Crippen LogP contribution in [0.15, 0.2) is 65.8 Å². The summed E-state index contributed by atoms with van der Waals surface area (Å²) >= 11 is 0. The van der Waals surface area contributed by atoms with Gasteiger partial charge in [0, 0.05) is 5.57 Å². The Labute approximate surface area is 137 Å². The molecule has 2 nitrogen and oxygen atoms in total. The van der Waals surface area contributed by atoms with Crippen LogP contribution in [0.2, 0.25) is 0 Å². The van der Waals surface area contributed by atoms with Gasteiger partial charge in [-0.1, -0.05) is 73.9 Å². The second kappa shape index (κ2) is 5.84. The number of hydrogen-bond donors (Lipinski definition) is 0. The summed E-state index contributed by atoms with van der Waals surface area (Å²) in [6.45, 7) is 0. The van der Waals surface area contributed by atoms with Gasteiger partial charge in [0.1, 0.15) is 0 Å². The van der Waals surface area contributed by atoms with Crippen LogP contribution in [0.5, 0.6) is 0 Å². The zero-order chi connectivity index (χ0) is 15.7. The minimum absolute atomic E-state index is 0.200. The summed E-state index contributed by atoms with van der Waals surface area (Å²) < 4.78 is 5.67. The molecule has 0 amide bonds. The Morgan fingerprint density at radius 2 is 1.78 bits per heavy atom. The van der Waals surface area contributed by atoms with E-state index in [9.17, 15) is 4.79 Å². The van der Waals surface area contributed by atoms with Gasteiger partial charge in [-0.2, -0.15) is 0 Å². The highest BCUT2D eigenvalue weighted by Crippen LogP contribution is 2.44. The van der Waals surface area contributed by atoms with Gasteiger partial charge in [0.15, 0.2) is 6.10 Å². The number of cyclic esters (lactones) is 1. The molecule has 1 aromatic carbocycles. The molecule has 3 aliphatic rings. The van der Waals surface area contributed by atoms with E-state index in [2.05, 4.69) is 18.2 Å². The maximum atomic E-state index is 12.3. The van der Waals surface area contributed by atoms with Crippen molar-refractivity contribution in [1.29, 1.82) is 0 Å². The van der Waals surface area contributed by atoms with Crippen LogP contribution >= 0.6 is 0 Å². The Hall–Kier alpha value is -2.09. The van der Waals surface area contributed by atoms with E-state index in [0.29, 0.717) is 0 Å². The molecule has 0 N–H and O–H groups in total. The second-order valence-electron chi connectivity index (χ2n) is 6.93. The minimum atomic E-state index is -0.265. The normalized spacial score (nSPS) is 28.7. The molecule has 0 bridgehead atoms. The Kier molecular flexibility index (Phi) is 3.68. The zero-order valence-corrected chi connectivity index (χ0v) is 13.3. The molecular weight excluding hydrogens is 284 g/mol. The Bertz CT molecular complexity index is 688. The standard InChI is InChI=1S/C21H22O2/c22-20-18-10-7-14-21(12-5-2-6-13-21)15-11-17(18)19(23-20)16-8-3-1-4-9-16/h1,3-4,7-11,15,19H,2,5-6,12-14H2/b10-7-,15-11-. The van der Waals surface area contributed by atoms with Crippen molar-refractivity contribution in [3.8, 4) is 0 Å². The van der Waals surface area contributed by atoms with E-state index < -0.39 is 0 Å². The summed E-state index contributed by atoms with van der Waals surface area (Å²) in [5, 5.41) is 0. The number of rotatable bonds is 1. The Balaban J connectivity index is 1.72. The first-order chi connectivity index (χ1) is 11.3. The van der Waals surface area contributed by atoms with Crippen molar-refractivity contribution >= 4 is 5.97 Å². The highest BCUT2D eigenvalue weighted by atomic mass is 16.5. The Morgan fingerprint density at radius 3 is 2.57 bits per heavy atom. The first-order valence-corrected chi connectivity index (χ1v) is 8.63. The van der Waals surface area contributed by atoms with Crippen molar-refractivity contribution < 1.29 is 9.53 Å². The van der Waals surface area contributed by atoms with Gasteiger partial charge < -0.3 is 4.74 Å². The van der Waals surface area contributed by atoms with E-state index in [1.807, 2.05) is 36.4 Å². The minimum Gasteiger partial charge on any atom is -0.449 e. The van der Waals surface area contributed by atoms with Gasteiger partial charge in [-0.3, -0.25) is 0 Å². The van der Waals surface area contributed by atoms with Crippen molar-refractivity contribution in [1.82, 2.24) is 0 Å². The van der Waals surface area contributed by atoms with Crippen LogP contribution in [-0.2, 0) is 9.53 Å². The molecule has 1 spiro atoms. The van der Waals surface area contributed by atoms with E-state index in [1.54, 1.807) is 0 Å². The van der Waals surface area contributed by atoms with Gasteiger partial charge in [0.25, 0.3) is 0 Å². The average Bonchev–Trinajstić information content (AvgIpc) is 2.89. The van der Waals surface area contributed by atoms with Gasteiger partial charge in [-0.15, -0.1) is 0 Å². The number of ether oxygens (including phenoxy) is 1. The largest absolute Gasteiger partial charge is 0.449 e. The quantitative estimate of drug-likeness (QED) is 0.679. The molecule has 0 radical (unpaired) electrons. The third-order valence-corrected chi connectivity index (χ3v) is 5.42. The first kappa shape index (κ1) is 14.5. The second-order valence-corrected chi connectivity index (χ2v) is 6.93. The van der Waals surface area contributed by atoms with Crippen molar-refractivity contribution in [2.75, 3.05) is 0 Å².